The van der Waals surface area contributed by atoms with Gasteiger partial charge in [-0.3, -0.25) is 0 Å². The van der Waals surface area contributed by atoms with Crippen molar-refractivity contribution in [3.05, 3.63) is 29.4 Å². The first-order chi connectivity index (χ1) is 6.33. The van der Waals surface area contributed by atoms with E-state index in [1.807, 2.05) is 14.0 Å². The lowest BCUT2D eigenvalue weighted by atomic mass is 9.95. The average molecular weight is 175 g/mol. The van der Waals surface area contributed by atoms with E-state index in [2.05, 4.69) is 27.4 Å². The summed E-state index contributed by atoms with van der Waals surface area (Å²) in [4.78, 5) is 8.45. The van der Waals surface area contributed by atoms with Crippen molar-refractivity contribution in [3.8, 4) is 0 Å². The van der Waals surface area contributed by atoms with Gasteiger partial charge in [0.05, 0.1) is 5.69 Å². The number of fused-ring (bicyclic) bond motifs is 1. The van der Waals surface area contributed by atoms with Gasteiger partial charge in [0.1, 0.15) is 6.33 Å². The molecule has 0 amide bonds. The Morgan fingerprint density at radius 2 is 2.31 bits per heavy atom. The molecule has 2 rings (SSSR count). The van der Waals surface area contributed by atoms with Crippen LogP contribution in [0.25, 0.3) is 6.08 Å². The van der Waals surface area contributed by atoms with Gasteiger partial charge in [-0.05, 0) is 26.5 Å². The van der Waals surface area contributed by atoms with Crippen LogP contribution in [0.5, 0.6) is 0 Å². The Hall–Kier alpha value is -1.22. The van der Waals surface area contributed by atoms with E-state index < -0.39 is 0 Å². The van der Waals surface area contributed by atoms with Gasteiger partial charge in [0.15, 0.2) is 0 Å². The number of rotatable bonds is 1. The van der Waals surface area contributed by atoms with Gasteiger partial charge in [-0.2, -0.15) is 0 Å². The molecule has 1 atom stereocenters. The Bertz CT molecular complexity index is 344. The maximum atomic E-state index is 4.24. The van der Waals surface area contributed by atoms with E-state index in [0.29, 0.717) is 6.04 Å². The normalized spacial score (nSPS) is 20.0. The fourth-order valence-electron chi connectivity index (χ4n) is 1.76. The highest BCUT2D eigenvalue weighted by molar-refractivity contribution is 5.54. The first kappa shape index (κ1) is 8.38. The van der Waals surface area contributed by atoms with E-state index in [-0.39, 0.29) is 0 Å². The third-order valence-electron chi connectivity index (χ3n) is 2.46. The highest BCUT2D eigenvalue weighted by Crippen LogP contribution is 2.27. The zero-order valence-corrected chi connectivity index (χ0v) is 7.91. The second kappa shape index (κ2) is 3.26. The van der Waals surface area contributed by atoms with Crippen LogP contribution in [-0.4, -0.2) is 17.0 Å². The molecule has 0 bridgehead atoms. The molecule has 0 aliphatic heterocycles. The molecule has 1 aromatic heterocycles. The minimum absolute atomic E-state index is 0.376. The summed E-state index contributed by atoms with van der Waals surface area (Å²) in [6.45, 7) is 2.03. The molecule has 1 unspecified atom stereocenters. The smallest absolute Gasteiger partial charge is 0.116 e. The maximum Gasteiger partial charge on any atom is 0.116 e. The Morgan fingerprint density at radius 1 is 1.46 bits per heavy atom. The van der Waals surface area contributed by atoms with Crippen LogP contribution in [0.15, 0.2) is 12.4 Å². The molecule has 1 aromatic rings. The molecule has 0 spiro atoms. The summed E-state index contributed by atoms with van der Waals surface area (Å²) in [5.74, 6) is 0. The van der Waals surface area contributed by atoms with Crippen LogP contribution < -0.4 is 5.32 Å². The van der Waals surface area contributed by atoms with Gasteiger partial charge in [0.25, 0.3) is 0 Å². The molecule has 0 saturated carbocycles. The van der Waals surface area contributed by atoms with Crippen molar-refractivity contribution >= 4 is 6.08 Å². The summed E-state index contributed by atoms with van der Waals surface area (Å²) in [5, 5.41) is 3.27. The van der Waals surface area contributed by atoms with Crippen molar-refractivity contribution in [3.63, 3.8) is 0 Å². The van der Waals surface area contributed by atoms with Gasteiger partial charge >= 0.3 is 0 Å². The van der Waals surface area contributed by atoms with Crippen LogP contribution in [-0.2, 0) is 0 Å². The molecule has 3 heteroatoms. The standard InChI is InChI=1S/C10H13N3/c1-7-10-8(11-2)4-3-5-9(10)13-6-12-7/h3,5-6,8,11H,4H2,1-2H3. The van der Waals surface area contributed by atoms with Crippen molar-refractivity contribution < 1.29 is 0 Å². The molecule has 1 N–H and O–H groups in total. The summed E-state index contributed by atoms with van der Waals surface area (Å²) in [6, 6.07) is 0.376. The van der Waals surface area contributed by atoms with E-state index in [0.717, 1.165) is 17.8 Å². The van der Waals surface area contributed by atoms with Gasteiger partial charge < -0.3 is 5.32 Å². The molecule has 0 saturated heterocycles. The van der Waals surface area contributed by atoms with E-state index in [1.165, 1.54) is 5.56 Å². The number of aryl methyl sites for hydroxylation is 1. The number of nitrogens with zero attached hydrogens (tertiary/aromatic N) is 2. The second-order valence-electron chi connectivity index (χ2n) is 3.24. The molecular weight excluding hydrogens is 162 g/mol. The summed E-state index contributed by atoms with van der Waals surface area (Å²) in [5.41, 5.74) is 3.37. The first-order valence-electron chi connectivity index (χ1n) is 4.48. The van der Waals surface area contributed by atoms with Crippen molar-refractivity contribution in [2.45, 2.75) is 19.4 Å². The van der Waals surface area contributed by atoms with Crippen molar-refractivity contribution in [1.29, 1.82) is 0 Å². The van der Waals surface area contributed by atoms with Crippen molar-refractivity contribution in [1.82, 2.24) is 15.3 Å². The monoisotopic (exact) mass is 175 g/mol. The van der Waals surface area contributed by atoms with Gasteiger partial charge in [0.2, 0.25) is 0 Å². The zero-order chi connectivity index (χ0) is 9.26. The number of hydrogen-bond acceptors (Lipinski definition) is 3. The molecule has 0 fully saturated rings. The van der Waals surface area contributed by atoms with E-state index in [9.17, 15) is 0 Å². The van der Waals surface area contributed by atoms with Crippen LogP contribution in [0.4, 0.5) is 0 Å². The SMILES string of the molecule is CNC1CC=Cc2ncnc(C)c21. The van der Waals surface area contributed by atoms with E-state index >= 15 is 0 Å². The Labute approximate surface area is 77.9 Å². The largest absolute Gasteiger partial charge is 0.313 e. The van der Waals surface area contributed by atoms with Crippen LogP contribution in [0.3, 0.4) is 0 Å². The predicted octanol–water partition coefficient (Wildman–Crippen LogP) is 1.46. The van der Waals surface area contributed by atoms with Crippen LogP contribution in [0.1, 0.15) is 29.4 Å². The zero-order valence-electron chi connectivity index (χ0n) is 7.91. The summed E-state index contributed by atoms with van der Waals surface area (Å²) in [7, 11) is 1.97. The fraction of sp³-hybridized carbons (Fsp3) is 0.400. The van der Waals surface area contributed by atoms with Gasteiger partial charge in [0, 0.05) is 17.3 Å². The molecule has 1 aliphatic carbocycles. The molecule has 1 heterocycles. The summed E-state index contributed by atoms with van der Waals surface area (Å²) >= 11 is 0. The topological polar surface area (TPSA) is 37.8 Å². The van der Waals surface area contributed by atoms with E-state index in [4.69, 9.17) is 0 Å². The number of hydrogen-bond donors (Lipinski definition) is 1. The molecule has 68 valence electrons. The molecule has 1 aliphatic rings. The molecule has 3 nitrogen and oxygen atoms in total. The van der Waals surface area contributed by atoms with Crippen LogP contribution in [0.2, 0.25) is 0 Å². The summed E-state index contributed by atoms with van der Waals surface area (Å²) in [6.07, 6.45) is 6.86. The number of nitrogens with one attached hydrogen (secondary N) is 1. The lowest BCUT2D eigenvalue weighted by molar-refractivity contribution is 0.587. The van der Waals surface area contributed by atoms with Gasteiger partial charge in [-0.1, -0.05) is 6.08 Å². The first-order valence-corrected chi connectivity index (χ1v) is 4.48. The molecule has 0 radical (unpaired) electrons. The van der Waals surface area contributed by atoms with Gasteiger partial charge in [-0.15, -0.1) is 0 Å². The van der Waals surface area contributed by atoms with Crippen LogP contribution in [0, 0.1) is 6.92 Å². The fourth-order valence-corrected chi connectivity index (χ4v) is 1.76. The average Bonchev–Trinajstić information content (AvgIpc) is 2.17. The lowest BCUT2D eigenvalue weighted by Gasteiger charge is -2.21. The number of aromatic nitrogens is 2. The van der Waals surface area contributed by atoms with Crippen LogP contribution >= 0.6 is 0 Å². The lowest BCUT2D eigenvalue weighted by Crippen LogP contribution is -2.20. The minimum atomic E-state index is 0.376. The maximum absolute atomic E-state index is 4.24. The molecule has 13 heavy (non-hydrogen) atoms. The second-order valence-corrected chi connectivity index (χ2v) is 3.24. The van der Waals surface area contributed by atoms with E-state index in [1.54, 1.807) is 6.33 Å². The molecule has 0 aromatic carbocycles. The third-order valence-corrected chi connectivity index (χ3v) is 2.46. The Kier molecular flexibility index (Phi) is 2.10. The van der Waals surface area contributed by atoms with Crippen molar-refractivity contribution in [2.75, 3.05) is 7.05 Å². The predicted molar refractivity (Wildman–Crippen MR) is 52.2 cm³/mol. The van der Waals surface area contributed by atoms with Crippen molar-refractivity contribution in [2.24, 2.45) is 0 Å². The minimum Gasteiger partial charge on any atom is -0.313 e. The highest BCUT2D eigenvalue weighted by atomic mass is 14.9. The third kappa shape index (κ3) is 1.35. The van der Waals surface area contributed by atoms with Gasteiger partial charge in [-0.25, -0.2) is 9.97 Å². The quantitative estimate of drug-likeness (QED) is 0.702. The summed E-state index contributed by atoms with van der Waals surface area (Å²) < 4.78 is 0. The highest BCUT2D eigenvalue weighted by Gasteiger charge is 2.18. The molecular formula is C10H13N3. The Morgan fingerprint density at radius 3 is 3.08 bits per heavy atom. The Balaban J connectivity index is 2.54.